The van der Waals surface area contributed by atoms with E-state index in [1.807, 2.05) is 7.05 Å². The fraction of sp³-hybridized carbons (Fsp3) is 0.562. The Morgan fingerprint density at radius 1 is 1.23 bits per heavy atom. The number of benzene rings is 1. The summed E-state index contributed by atoms with van der Waals surface area (Å²) in [4.78, 5) is 14.2. The molecule has 0 saturated heterocycles. The summed E-state index contributed by atoms with van der Waals surface area (Å²) in [5, 5.41) is 0. The van der Waals surface area contributed by atoms with Gasteiger partial charge in [0, 0.05) is 12.1 Å². The summed E-state index contributed by atoms with van der Waals surface area (Å²) in [5.74, 6) is 0.932. The molecule has 5 nitrogen and oxygen atoms in total. The molecule has 2 rings (SSSR count). The Morgan fingerprint density at radius 2 is 1.86 bits per heavy atom. The molecule has 0 radical (unpaired) electrons. The van der Waals surface area contributed by atoms with E-state index in [9.17, 15) is 4.79 Å². The fourth-order valence-electron chi connectivity index (χ4n) is 1.86. The van der Waals surface area contributed by atoms with Crippen LogP contribution in [0.2, 0.25) is 0 Å². The number of ether oxygens (including phenoxy) is 3. The molecule has 0 unspecified atom stereocenters. The van der Waals surface area contributed by atoms with Crippen LogP contribution in [0.25, 0.3) is 0 Å². The maximum absolute atomic E-state index is 12.0. The average molecular weight is 329 g/mol. The van der Waals surface area contributed by atoms with Gasteiger partial charge in [0.1, 0.15) is 19.8 Å². The van der Waals surface area contributed by atoms with E-state index in [0.29, 0.717) is 43.4 Å². The minimum Gasteiger partial charge on any atom is -1.00 e. The third-order valence-corrected chi connectivity index (χ3v) is 3.58. The van der Waals surface area contributed by atoms with E-state index < -0.39 is 0 Å². The molecule has 6 heteroatoms. The van der Waals surface area contributed by atoms with Gasteiger partial charge >= 0.3 is 5.97 Å². The molecule has 0 atom stereocenters. The minimum absolute atomic E-state index is 0. The van der Waals surface area contributed by atoms with Gasteiger partial charge in [-0.15, -0.1) is 0 Å². The SMILES string of the molecule is CN(CCOC(=O)c1ccc2c(c1)OCCO2)C(C)(C)C.[Cl-]. The van der Waals surface area contributed by atoms with Crippen molar-refractivity contribution in [3.8, 4) is 11.5 Å². The second-order valence-corrected chi connectivity index (χ2v) is 6.09. The third kappa shape index (κ3) is 4.78. The van der Waals surface area contributed by atoms with Gasteiger partial charge in [0.15, 0.2) is 11.5 Å². The van der Waals surface area contributed by atoms with Gasteiger partial charge in [0.05, 0.1) is 5.56 Å². The maximum atomic E-state index is 12.0. The summed E-state index contributed by atoms with van der Waals surface area (Å²) in [7, 11) is 2.01. The molecule has 1 aromatic rings. The van der Waals surface area contributed by atoms with Crippen LogP contribution in [-0.2, 0) is 4.74 Å². The highest BCUT2D eigenvalue weighted by molar-refractivity contribution is 5.90. The summed E-state index contributed by atoms with van der Waals surface area (Å²) in [6.07, 6.45) is 0. The van der Waals surface area contributed by atoms with Gasteiger partial charge in [-0.3, -0.25) is 4.90 Å². The zero-order valence-corrected chi connectivity index (χ0v) is 14.3. The number of carbonyl (C=O) groups is 1. The summed E-state index contributed by atoms with van der Waals surface area (Å²) >= 11 is 0. The standard InChI is InChI=1S/C16H23NO4.ClH/c1-16(2,3)17(4)7-8-21-15(18)12-5-6-13-14(11-12)20-10-9-19-13;/h5-6,11H,7-10H2,1-4H3;1H/p-1. The Morgan fingerprint density at radius 3 is 2.50 bits per heavy atom. The van der Waals surface area contributed by atoms with Crippen molar-refractivity contribution < 1.29 is 31.4 Å². The molecule has 0 amide bonds. The Hall–Kier alpha value is -1.46. The van der Waals surface area contributed by atoms with Gasteiger partial charge in [-0.05, 0) is 46.0 Å². The minimum atomic E-state index is -0.339. The Labute approximate surface area is 137 Å². The van der Waals surface area contributed by atoms with Gasteiger partial charge in [0.25, 0.3) is 0 Å². The maximum Gasteiger partial charge on any atom is 0.338 e. The molecule has 0 fully saturated rings. The molecular weight excluding hydrogens is 306 g/mol. The van der Waals surface area contributed by atoms with Crippen molar-refractivity contribution in [2.24, 2.45) is 0 Å². The number of esters is 1. The zero-order valence-electron chi connectivity index (χ0n) is 13.5. The van der Waals surface area contributed by atoms with Crippen LogP contribution in [0.15, 0.2) is 18.2 Å². The molecule has 0 saturated carbocycles. The second-order valence-electron chi connectivity index (χ2n) is 6.09. The smallest absolute Gasteiger partial charge is 0.338 e. The van der Waals surface area contributed by atoms with E-state index in [2.05, 4.69) is 25.7 Å². The van der Waals surface area contributed by atoms with E-state index in [1.54, 1.807) is 18.2 Å². The van der Waals surface area contributed by atoms with Crippen LogP contribution >= 0.6 is 0 Å². The molecule has 1 aliphatic rings. The van der Waals surface area contributed by atoms with Crippen LogP contribution in [0, 0.1) is 0 Å². The van der Waals surface area contributed by atoms with Crippen molar-refractivity contribution >= 4 is 5.97 Å². The van der Waals surface area contributed by atoms with Gasteiger partial charge in [-0.2, -0.15) is 0 Å². The molecule has 1 heterocycles. The Balaban J connectivity index is 0.00000242. The fourth-order valence-corrected chi connectivity index (χ4v) is 1.86. The number of nitrogens with zero attached hydrogens (tertiary/aromatic N) is 1. The number of rotatable bonds is 4. The monoisotopic (exact) mass is 328 g/mol. The summed E-state index contributed by atoms with van der Waals surface area (Å²) in [6, 6.07) is 5.11. The van der Waals surface area contributed by atoms with Crippen molar-refractivity contribution in [2.45, 2.75) is 26.3 Å². The van der Waals surface area contributed by atoms with E-state index in [0.717, 1.165) is 0 Å². The van der Waals surface area contributed by atoms with Crippen molar-refractivity contribution in [1.82, 2.24) is 4.90 Å². The quantitative estimate of drug-likeness (QED) is 0.687. The number of likely N-dealkylation sites (N-methyl/N-ethyl adjacent to an activating group) is 1. The molecule has 1 aliphatic heterocycles. The number of carbonyl (C=O) groups excluding carboxylic acids is 1. The molecule has 0 aromatic heterocycles. The van der Waals surface area contributed by atoms with Crippen molar-refractivity contribution in [3.05, 3.63) is 23.8 Å². The lowest BCUT2D eigenvalue weighted by molar-refractivity contribution is -0.0000235. The number of halogens is 1. The predicted octanol–water partition coefficient (Wildman–Crippen LogP) is -0.651. The summed E-state index contributed by atoms with van der Waals surface area (Å²) in [6.45, 7) is 8.46. The lowest BCUT2D eigenvalue weighted by Crippen LogP contribution is -3.00. The van der Waals surface area contributed by atoms with Crippen LogP contribution in [0.1, 0.15) is 31.1 Å². The van der Waals surface area contributed by atoms with Crippen LogP contribution in [-0.4, -0.2) is 49.8 Å². The lowest BCUT2D eigenvalue weighted by atomic mass is 10.1. The highest BCUT2D eigenvalue weighted by atomic mass is 35.5. The number of fused-ring (bicyclic) bond motifs is 1. The first-order chi connectivity index (χ1) is 9.88. The molecule has 124 valence electrons. The van der Waals surface area contributed by atoms with Crippen LogP contribution in [0.3, 0.4) is 0 Å². The topological polar surface area (TPSA) is 48.0 Å². The highest BCUT2D eigenvalue weighted by Gasteiger charge is 2.18. The predicted molar refractivity (Wildman–Crippen MR) is 80.1 cm³/mol. The normalized spacial score (nSPS) is 13.5. The van der Waals surface area contributed by atoms with Gasteiger partial charge in [-0.25, -0.2) is 4.79 Å². The van der Waals surface area contributed by atoms with Crippen LogP contribution in [0.5, 0.6) is 11.5 Å². The van der Waals surface area contributed by atoms with Gasteiger partial charge in [-0.1, -0.05) is 0 Å². The van der Waals surface area contributed by atoms with E-state index in [-0.39, 0.29) is 23.9 Å². The van der Waals surface area contributed by atoms with Crippen LogP contribution < -0.4 is 21.9 Å². The van der Waals surface area contributed by atoms with Crippen molar-refractivity contribution in [2.75, 3.05) is 33.4 Å². The van der Waals surface area contributed by atoms with E-state index in [4.69, 9.17) is 14.2 Å². The summed E-state index contributed by atoms with van der Waals surface area (Å²) in [5.41, 5.74) is 0.543. The molecule has 0 aliphatic carbocycles. The molecule has 22 heavy (non-hydrogen) atoms. The average Bonchev–Trinajstić information content (AvgIpc) is 2.45. The second kappa shape index (κ2) is 7.70. The molecule has 1 aromatic carbocycles. The van der Waals surface area contributed by atoms with Gasteiger partial charge in [0.2, 0.25) is 0 Å². The third-order valence-electron chi connectivity index (χ3n) is 3.58. The Bertz CT molecular complexity index is 513. The Kier molecular flexibility index (Phi) is 6.50. The van der Waals surface area contributed by atoms with E-state index >= 15 is 0 Å². The molecule has 0 bridgehead atoms. The largest absolute Gasteiger partial charge is 1.00 e. The lowest BCUT2D eigenvalue weighted by Gasteiger charge is -2.31. The first-order valence-electron chi connectivity index (χ1n) is 7.16. The molecular formula is C16H23ClNO4-. The number of hydrogen-bond donors (Lipinski definition) is 0. The summed E-state index contributed by atoms with van der Waals surface area (Å²) < 4.78 is 16.2. The first-order valence-corrected chi connectivity index (χ1v) is 7.16. The number of hydrogen-bond acceptors (Lipinski definition) is 5. The van der Waals surface area contributed by atoms with E-state index in [1.165, 1.54) is 0 Å². The van der Waals surface area contributed by atoms with Crippen LogP contribution in [0.4, 0.5) is 0 Å². The highest BCUT2D eigenvalue weighted by Crippen LogP contribution is 2.30. The van der Waals surface area contributed by atoms with Gasteiger partial charge < -0.3 is 26.6 Å². The molecule has 0 N–H and O–H groups in total. The van der Waals surface area contributed by atoms with Crippen molar-refractivity contribution in [3.63, 3.8) is 0 Å². The molecule has 0 spiro atoms. The zero-order chi connectivity index (χ0) is 15.5. The van der Waals surface area contributed by atoms with Crippen molar-refractivity contribution in [1.29, 1.82) is 0 Å². The first kappa shape index (κ1) is 18.6.